The van der Waals surface area contributed by atoms with E-state index in [9.17, 15) is 14.9 Å². The monoisotopic (exact) mass is 412 g/mol. The van der Waals surface area contributed by atoms with E-state index in [2.05, 4.69) is 47.4 Å². The van der Waals surface area contributed by atoms with Gasteiger partial charge in [-0.25, -0.2) is 9.97 Å². The van der Waals surface area contributed by atoms with Crippen molar-refractivity contribution in [3.8, 4) is 6.07 Å². The summed E-state index contributed by atoms with van der Waals surface area (Å²) in [5.74, 6) is 0.189. The third-order valence-corrected chi connectivity index (χ3v) is 5.49. The Morgan fingerprint density at radius 3 is 2.69 bits per heavy atom. The predicted octanol–water partition coefficient (Wildman–Crippen LogP) is 2.84. The molecular formula is C20H24N6O2S. The van der Waals surface area contributed by atoms with Crippen molar-refractivity contribution in [1.29, 1.82) is 5.26 Å². The lowest BCUT2D eigenvalue weighted by Gasteiger charge is -2.20. The van der Waals surface area contributed by atoms with Crippen LogP contribution in [-0.2, 0) is 9.59 Å². The number of hydrogen-bond donors (Lipinski definition) is 2. The predicted molar refractivity (Wildman–Crippen MR) is 112 cm³/mol. The standard InChI is InChI=1S/C20H24N6O2S/c1-20(2,3)15-12-29-18(25-15)13(11-21)14-7-9-23-19(24-14)22-8-4-10-26-16(27)5-6-17(26)28/h7,9,12,25H,4-6,8,10H2,1-3H3,(H,22,23,24). The van der Waals surface area contributed by atoms with Crippen molar-refractivity contribution in [2.75, 3.05) is 18.4 Å². The quantitative estimate of drug-likeness (QED) is 0.417. The van der Waals surface area contributed by atoms with E-state index in [1.807, 2.05) is 5.41 Å². The van der Waals surface area contributed by atoms with Gasteiger partial charge in [0.15, 0.2) is 0 Å². The molecule has 9 heteroatoms. The van der Waals surface area contributed by atoms with Crippen molar-refractivity contribution in [3.05, 3.63) is 34.1 Å². The van der Waals surface area contributed by atoms with Crippen LogP contribution in [0, 0.1) is 16.7 Å². The van der Waals surface area contributed by atoms with Gasteiger partial charge in [0.05, 0.1) is 10.7 Å². The van der Waals surface area contributed by atoms with Gasteiger partial charge in [0, 0.05) is 43.2 Å². The van der Waals surface area contributed by atoms with Crippen molar-refractivity contribution in [3.63, 3.8) is 0 Å². The highest BCUT2D eigenvalue weighted by Gasteiger charge is 2.28. The number of carbonyl (C=O) groups excluding carboxylic acids is 2. The Kier molecular flexibility index (Phi) is 6.23. The van der Waals surface area contributed by atoms with Crippen molar-refractivity contribution >= 4 is 35.1 Å². The van der Waals surface area contributed by atoms with Crippen LogP contribution in [-0.4, -0.2) is 39.8 Å². The topological polar surface area (TPSA) is 111 Å². The average molecular weight is 413 g/mol. The first-order valence-electron chi connectivity index (χ1n) is 9.49. The number of nitriles is 1. The molecule has 1 saturated heterocycles. The zero-order valence-electron chi connectivity index (χ0n) is 16.8. The number of carbonyl (C=O) groups is 2. The maximum atomic E-state index is 11.6. The van der Waals surface area contributed by atoms with E-state index < -0.39 is 0 Å². The minimum absolute atomic E-state index is 0.0359. The maximum Gasteiger partial charge on any atom is 0.229 e. The van der Waals surface area contributed by atoms with E-state index in [1.54, 1.807) is 12.3 Å². The highest BCUT2D eigenvalue weighted by molar-refractivity contribution is 8.06. The van der Waals surface area contributed by atoms with Crippen LogP contribution in [0.15, 0.2) is 28.4 Å². The van der Waals surface area contributed by atoms with Crippen LogP contribution < -0.4 is 10.6 Å². The fraction of sp³-hybridized carbons (Fsp3) is 0.450. The van der Waals surface area contributed by atoms with Gasteiger partial charge in [0.1, 0.15) is 11.6 Å². The molecule has 3 rings (SSSR count). The van der Waals surface area contributed by atoms with Gasteiger partial charge in [-0.15, -0.1) is 0 Å². The number of nitrogens with one attached hydrogen (secondary N) is 2. The Morgan fingerprint density at radius 2 is 2.07 bits per heavy atom. The lowest BCUT2D eigenvalue weighted by atomic mass is 9.93. The van der Waals surface area contributed by atoms with Crippen LogP contribution in [0.4, 0.5) is 5.95 Å². The number of imide groups is 1. The van der Waals surface area contributed by atoms with Gasteiger partial charge < -0.3 is 10.6 Å². The minimum Gasteiger partial charge on any atom is -0.354 e. The molecular weight excluding hydrogens is 388 g/mol. The van der Waals surface area contributed by atoms with Gasteiger partial charge in [-0.2, -0.15) is 5.26 Å². The summed E-state index contributed by atoms with van der Waals surface area (Å²) in [7, 11) is 0. The SMILES string of the molecule is CC(C)(C)C1=CSC(=C(C#N)c2ccnc(NCCCN3C(=O)CCC3=O)n2)N1. The Labute approximate surface area is 174 Å². The molecule has 1 fully saturated rings. The first-order valence-corrected chi connectivity index (χ1v) is 10.4. The van der Waals surface area contributed by atoms with Crippen LogP contribution in [0.25, 0.3) is 5.57 Å². The van der Waals surface area contributed by atoms with Crippen molar-refractivity contribution < 1.29 is 9.59 Å². The van der Waals surface area contributed by atoms with Crippen molar-refractivity contribution in [1.82, 2.24) is 20.2 Å². The summed E-state index contributed by atoms with van der Waals surface area (Å²) >= 11 is 1.48. The van der Waals surface area contributed by atoms with E-state index in [0.29, 0.717) is 49.6 Å². The maximum absolute atomic E-state index is 11.6. The molecule has 0 spiro atoms. The summed E-state index contributed by atoms with van der Waals surface area (Å²) < 4.78 is 0. The van der Waals surface area contributed by atoms with Gasteiger partial charge in [-0.3, -0.25) is 14.5 Å². The zero-order chi connectivity index (χ0) is 21.0. The number of allylic oxidation sites excluding steroid dienone is 2. The van der Waals surface area contributed by atoms with Crippen LogP contribution in [0.1, 0.15) is 45.7 Å². The molecule has 2 aliphatic rings. The molecule has 0 aliphatic carbocycles. The number of hydrogen-bond acceptors (Lipinski definition) is 8. The molecule has 3 heterocycles. The molecule has 0 radical (unpaired) electrons. The van der Waals surface area contributed by atoms with Crippen LogP contribution in [0.3, 0.4) is 0 Å². The first-order chi connectivity index (χ1) is 13.8. The normalized spacial score (nSPS) is 18.4. The summed E-state index contributed by atoms with van der Waals surface area (Å²) in [4.78, 5) is 33.2. The summed E-state index contributed by atoms with van der Waals surface area (Å²) in [5.41, 5.74) is 2.02. The molecule has 0 saturated carbocycles. The fourth-order valence-corrected chi connectivity index (χ4v) is 3.99. The molecule has 0 unspecified atom stereocenters. The molecule has 1 aromatic rings. The minimum atomic E-state index is -0.108. The second kappa shape index (κ2) is 8.66. The Balaban J connectivity index is 1.62. The lowest BCUT2D eigenvalue weighted by Crippen LogP contribution is -2.31. The van der Waals surface area contributed by atoms with Gasteiger partial charge in [0.2, 0.25) is 17.8 Å². The van der Waals surface area contributed by atoms with Crippen LogP contribution in [0.2, 0.25) is 0 Å². The van der Waals surface area contributed by atoms with E-state index in [0.717, 1.165) is 10.7 Å². The fourth-order valence-electron chi connectivity index (χ4n) is 2.90. The number of rotatable bonds is 6. The Morgan fingerprint density at radius 1 is 1.34 bits per heavy atom. The van der Waals surface area contributed by atoms with Crippen LogP contribution >= 0.6 is 11.8 Å². The molecule has 8 nitrogen and oxygen atoms in total. The summed E-state index contributed by atoms with van der Waals surface area (Å²) in [6.07, 6.45) is 2.82. The Bertz CT molecular complexity index is 910. The third-order valence-electron chi connectivity index (χ3n) is 4.60. The molecule has 2 amide bonds. The number of likely N-dealkylation sites (tertiary alicyclic amines) is 1. The smallest absolute Gasteiger partial charge is 0.229 e. The first kappa shape index (κ1) is 20.9. The summed E-state index contributed by atoms with van der Waals surface area (Å²) in [6, 6.07) is 3.94. The van der Waals surface area contributed by atoms with E-state index >= 15 is 0 Å². The number of amides is 2. The second-order valence-corrected chi connectivity index (χ2v) is 8.70. The van der Waals surface area contributed by atoms with E-state index in [1.165, 1.54) is 16.7 Å². The van der Waals surface area contributed by atoms with Gasteiger partial charge in [0.25, 0.3) is 0 Å². The van der Waals surface area contributed by atoms with Crippen molar-refractivity contribution in [2.45, 2.75) is 40.0 Å². The van der Waals surface area contributed by atoms with E-state index in [-0.39, 0.29) is 17.2 Å². The number of aromatic nitrogens is 2. The number of nitrogens with zero attached hydrogens (tertiary/aromatic N) is 4. The average Bonchev–Trinajstić information content (AvgIpc) is 3.28. The molecule has 0 atom stereocenters. The molecule has 152 valence electrons. The molecule has 0 bridgehead atoms. The Hall–Kier alpha value is -2.86. The molecule has 0 aromatic carbocycles. The lowest BCUT2D eigenvalue weighted by molar-refractivity contribution is -0.138. The highest BCUT2D eigenvalue weighted by atomic mass is 32.2. The largest absolute Gasteiger partial charge is 0.354 e. The number of anilines is 1. The van der Waals surface area contributed by atoms with Crippen molar-refractivity contribution in [2.24, 2.45) is 5.41 Å². The molecule has 2 N–H and O–H groups in total. The summed E-state index contributed by atoms with van der Waals surface area (Å²) in [5, 5.41) is 18.9. The summed E-state index contributed by atoms with van der Waals surface area (Å²) in [6.45, 7) is 7.23. The van der Waals surface area contributed by atoms with Gasteiger partial charge in [-0.1, -0.05) is 32.5 Å². The van der Waals surface area contributed by atoms with Gasteiger partial charge in [-0.05, 0) is 17.9 Å². The second-order valence-electron chi connectivity index (χ2n) is 7.83. The highest BCUT2D eigenvalue weighted by Crippen LogP contribution is 2.37. The van der Waals surface area contributed by atoms with Gasteiger partial charge >= 0.3 is 0 Å². The van der Waals surface area contributed by atoms with E-state index in [4.69, 9.17) is 0 Å². The molecule has 2 aliphatic heterocycles. The molecule has 1 aromatic heterocycles. The zero-order valence-corrected chi connectivity index (χ0v) is 17.6. The number of thioether (sulfide) groups is 1. The van der Waals surface area contributed by atoms with Crippen LogP contribution in [0.5, 0.6) is 0 Å². The molecule has 29 heavy (non-hydrogen) atoms. The third kappa shape index (κ3) is 4.95.